The highest BCUT2D eigenvalue weighted by Gasteiger charge is 2.36. The second-order valence-corrected chi connectivity index (χ2v) is 7.67. The molecule has 124 valence electrons. The minimum atomic E-state index is -3.29. The van der Waals surface area contributed by atoms with Crippen molar-refractivity contribution >= 4 is 10.0 Å². The van der Waals surface area contributed by atoms with Gasteiger partial charge in [-0.25, -0.2) is 8.42 Å². The molecule has 1 aliphatic carbocycles. The number of ether oxygens (including phenoxy) is 1. The van der Waals surface area contributed by atoms with Crippen molar-refractivity contribution in [2.24, 2.45) is 0 Å². The Morgan fingerprint density at radius 1 is 1.39 bits per heavy atom. The number of methoxy groups -OCH3 is 1. The highest BCUT2D eigenvalue weighted by Crippen LogP contribution is 2.31. The number of aromatic nitrogens is 2. The molecule has 0 bridgehead atoms. The third kappa shape index (κ3) is 3.53. The second-order valence-electron chi connectivity index (χ2n) is 5.74. The molecule has 0 saturated heterocycles. The van der Waals surface area contributed by atoms with Gasteiger partial charge in [-0.3, -0.25) is 0 Å². The number of rotatable bonds is 6. The van der Waals surface area contributed by atoms with Crippen LogP contribution in [-0.4, -0.2) is 42.3 Å². The predicted octanol–water partition coefficient (Wildman–Crippen LogP) is 1.98. The van der Waals surface area contributed by atoms with E-state index >= 15 is 0 Å². The van der Waals surface area contributed by atoms with Crippen molar-refractivity contribution in [1.29, 1.82) is 0 Å². The van der Waals surface area contributed by atoms with Crippen LogP contribution in [-0.2, 0) is 16.6 Å². The molecule has 1 aliphatic rings. The topological polar surface area (TPSA) is 85.5 Å². The smallest absolute Gasteiger partial charge is 0.242 e. The van der Waals surface area contributed by atoms with Crippen molar-refractivity contribution in [2.45, 2.75) is 32.4 Å². The lowest BCUT2D eigenvalue weighted by atomic mass is 10.1. The first kappa shape index (κ1) is 15.9. The van der Waals surface area contributed by atoms with Gasteiger partial charge in [0, 0.05) is 11.6 Å². The largest absolute Gasteiger partial charge is 0.496 e. The number of benzene rings is 1. The van der Waals surface area contributed by atoms with Crippen molar-refractivity contribution in [1.82, 2.24) is 14.4 Å². The molecule has 0 atom stereocenters. The second kappa shape index (κ2) is 5.93. The standard InChI is InChI=1S/C15H19N3O4S/c1-10-4-5-11(8-13(10)21-2)15-16-14(22-17-15)9-18(12-6-7-12)23(3,19)20/h4-5,8,12H,6-7,9H2,1-3H3. The van der Waals surface area contributed by atoms with Crippen LogP contribution in [0.2, 0.25) is 0 Å². The summed E-state index contributed by atoms with van der Waals surface area (Å²) in [5, 5.41) is 3.94. The fourth-order valence-electron chi connectivity index (χ4n) is 2.41. The predicted molar refractivity (Wildman–Crippen MR) is 84.4 cm³/mol. The molecule has 1 fully saturated rings. The average Bonchev–Trinajstić information content (AvgIpc) is 3.22. The van der Waals surface area contributed by atoms with E-state index in [1.807, 2.05) is 25.1 Å². The van der Waals surface area contributed by atoms with Gasteiger partial charge in [-0.2, -0.15) is 9.29 Å². The Morgan fingerprint density at radius 3 is 2.74 bits per heavy atom. The zero-order chi connectivity index (χ0) is 16.6. The number of sulfonamides is 1. The fraction of sp³-hybridized carbons (Fsp3) is 0.467. The van der Waals surface area contributed by atoms with Crippen molar-refractivity contribution in [2.75, 3.05) is 13.4 Å². The maximum atomic E-state index is 11.8. The lowest BCUT2D eigenvalue weighted by Gasteiger charge is -2.16. The Bertz CT molecular complexity index is 812. The Morgan fingerprint density at radius 2 is 2.13 bits per heavy atom. The van der Waals surface area contributed by atoms with Crippen LogP contribution in [0.1, 0.15) is 24.3 Å². The van der Waals surface area contributed by atoms with Crippen molar-refractivity contribution < 1.29 is 17.7 Å². The maximum absolute atomic E-state index is 11.8. The molecule has 0 N–H and O–H groups in total. The average molecular weight is 337 g/mol. The number of aryl methyl sites for hydroxylation is 1. The third-order valence-corrected chi connectivity index (χ3v) is 5.08. The first-order valence-corrected chi connectivity index (χ1v) is 9.17. The molecule has 1 aromatic heterocycles. The Kier molecular flexibility index (Phi) is 4.11. The third-order valence-electron chi connectivity index (χ3n) is 3.81. The summed E-state index contributed by atoms with van der Waals surface area (Å²) in [6, 6.07) is 5.68. The van der Waals surface area contributed by atoms with Gasteiger partial charge in [0.1, 0.15) is 5.75 Å². The quantitative estimate of drug-likeness (QED) is 0.801. The molecule has 0 aliphatic heterocycles. The molecule has 0 unspecified atom stereocenters. The van der Waals surface area contributed by atoms with Gasteiger partial charge in [0.25, 0.3) is 0 Å². The van der Waals surface area contributed by atoms with E-state index in [4.69, 9.17) is 9.26 Å². The SMILES string of the molecule is COc1cc(-c2noc(CN(C3CC3)S(C)(=O)=O)n2)ccc1C. The van der Waals surface area contributed by atoms with E-state index in [0.717, 1.165) is 29.7 Å². The zero-order valence-corrected chi connectivity index (χ0v) is 14.1. The minimum Gasteiger partial charge on any atom is -0.496 e. The van der Waals surface area contributed by atoms with E-state index in [0.29, 0.717) is 5.82 Å². The van der Waals surface area contributed by atoms with Crippen molar-refractivity contribution in [3.63, 3.8) is 0 Å². The van der Waals surface area contributed by atoms with Crippen LogP contribution >= 0.6 is 0 Å². The maximum Gasteiger partial charge on any atom is 0.242 e. The van der Waals surface area contributed by atoms with Gasteiger partial charge in [0.05, 0.1) is 19.9 Å². The zero-order valence-electron chi connectivity index (χ0n) is 13.3. The van der Waals surface area contributed by atoms with Gasteiger partial charge in [-0.1, -0.05) is 17.3 Å². The van der Waals surface area contributed by atoms with Gasteiger partial charge < -0.3 is 9.26 Å². The molecule has 3 rings (SSSR count). The number of nitrogens with zero attached hydrogens (tertiary/aromatic N) is 3. The lowest BCUT2D eigenvalue weighted by molar-refractivity contribution is 0.312. The van der Waals surface area contributed by atoms with E-state index in [9.17, 15) is 8.42 Å². The van der Waals surface area contributed by atoms with Gasteiger partial charge in [-0.15, -0.1) is 0 Å². The van der Waals surface area contributed by atoms with E-state index in [1.165, 1.54) is 10.6 Å². The molecule has 0 radical (unpaired) electrons. The molecule has 2 aromatic rings. The summed E-state index contributed by atoms with van der Waals surface area (Å²) < 4.78 is 35.6. The molecule has 7 nitrogen and oxygen atoms in total. The summed E-state index contributed by atoms with van der Waals surface area (Å²) in [6.45, 7) is 2.06. The van der Waals surface area contributed by atoms with Crippen LogP contribution in [0.5, 0.6) is 5.75 Å². The van der Waals surface area contributed by atoms with Crippen LogP contribution in [0.15, 0.2) is 22.7 Å². The summed E-state index contributed by atoms with van der Waals surface area (Å²) in [6.07, 6.45) is 2.96. The summed E-state index contributed by atoms with van der Waals surface area (Å²) in [5.74, 6) is 1.45. The van der Waals surface area contributed by atoms with Crippen LogP contribution in [0, 0.1) is 6.92 Å². The van der Waals surface area contributed by atoms with Crippen LogP contribution in [0.4, 0.5) is 0 Å². The molecule has 0 amide bonds. The lowest BCUT2D eigenvalue weighted by Crippen LogP contribution is -2.31. The Hall–Kier alpha value is -1.93. The molecule has 0 spiro atoms. The van der Waals surface area contributed by atoms with Gasteiger partial charge >= 0.3 is 0 Å². The first-order chi connectivity index (χ1) is 10.9. The molecule has 23 heavy (non-hydrogen) atoms. The molecular formula is C15H19N3O4S. The summed E-state index contributed by atoms with van der Waals surface area (Å²) in [4.78, 5) is 4.31. The molecular weight excluding hydrogens is 318 g/mol. The van der Waals surface area contributed by atoms with Crippen LogP contribution in [0.25, 0.3) is 11.4 Å². The van der Waals surface area contributed by atoms with E-state index in [2.05, 4.69) is 10.1 Å². The van der Waals surface area contributed by atoms with Gasteiger partial charge in [0.15, 0.2) is 0 Å². The van der Waals surface area contributed by atoms with E-state index in [1.54, 1.807) is 7.11 Å². The summed E-state index contributed by atoms with van der Waals surface area (Å²) in [7, 11) is -1.68. The first-order valence-electron chi connectivity index (χ1n) is 7.33. The summed E-state index contributed by atoms with van der Waals surface area (Å²) in [5.41, 5.74) is 1.77. The Balaban J connectivity index is 1.83. The number of hydrogen-bond donors (Lipinski definition) is 0. The monoisotopic (exact) mass is 337 g/mol. The summed E-state index contributed by atoms with van der Waals surface area (Å²) >= 11 is 0. The highest BCUT2D eigenvalue weighted by atomic mass is 32.2. The molecule has 1 saturated carbocycles. The minimum absolute atomic E-state index is 0.0554. The molecule has 1 heterocycles. The molecule has 1 aromatic carbocycles. The van der Waals surface area contributed by atoms with Crippen molar-refractivity contribution in [3.05, 3.63) is 29.7 Å². The van der Waals surface area contributed by atoms with E-state index < -0.39 is 10.0 Å². The molecule has 8 heteroatoms. The Labute approximate surface area is 135 Å². The normalized spacial score (nSPS) is 15.1. The van der Waals surface area contributed by atoms with Crippen LogP contribution in [0.3, 0.4) is 0 Å². The highest BCUT2D eigenvalue weighted by molar-refractivity contribution is 7.88. The van der Waals surface area contributed by atoms with Gasteiger partial charge in [-0.05, 0) is 31.4 Å². The van der Waals surface area contributed by atoms with Gasteiger partial charge in [0.2, 0.25) is 21.7 Å². The van der Waals surface area contributed by atoms with Crippen molar-refractivity contribution in [3.8, 4) is 17.1 Å². The number of hydrogen-bond acceptors (Lipinski definition) is 6. The fourth-order valence-corrected chi connectivity index (χ4v) is 3.51. The van der Waals surface area contributed by atoms with E-state index in [-0.39, 0.29) is 18.5 Å². The van der Waals surface area contributed by atoms with Crippen LogP contribution < -0.4 is 4.74 Å².